The molecule has 6 heteroatoms. The van der Waals surface area contributed by atoms with Crippen LogP contribution < -0.4 is 10.6 Å². The standard InChI is InChI=1S/C17H28N4OS/c1-13(16-18-8-11-23-16)19-17(22)20-15-6-9-21(10-7-15)12-14-4-2-3-5-14/h8,11,13-15H,2-7,9-10,12H2,1H3,(H2,19,20,22)/t13-/m1/s1. The summed E-state index contributed by atoms with van der Waals surface area (Å²) in [6, 6.07) is 0.206. The van der Waals surface area contributed by atoms with E-state index in [9.17, 15) is 4.79 Å². The number of piperidine rings is 1. The summed E-state index contributed by atoms with van der Waals surface area (Å²) in [5.74, 6) is 0.918. The molecule has 0 aromatic carbocycles. The Morgan fingerprint density at radius 2 is 2.09 bits per heavy atom. The first-order valence-corrected chi connectivity index (χ1v) is 9.77. The Kier molecular flexibility index (Phi) is 5.89. The Bertz CT molecular complexity index is 479. The van der Waals surface area contributed by atoms with E-state index < -0.39 is 0 Å². The normalized spacial score (nSPS) is 22.1. The molecule has 3 rings (SSSR count). The largest absolute Gasteiger partial charge is 0.335 e. The monoisotopic (exact) mass is 336 g/mol. The number of hydrogen-bond acceptors (Lipinski definition) is 4. The highest BCUT2D eigenvalue weighted by Gasteiger charge is 2.24. The molecule has 1 aliphatic heterocycles. The van der Waals surface area contributed by atoms with E-state index in [2.05, 4.69) is 20.5 Å². The van der Waals surface area contributed by atoms with E-state index in [1.54, 1.807) is 17.5 Å². The summed E-state index contributed by atoms with van der Waals surface area (Å²) in [7, 11) is 0. The van der Waals surface area contributed by atoms with E-state index in [1.807, 2.05) is 12.3 Å². The Labute approximate surface area is 142 Å². The van der Waals surface area contributed by atoms with E-state index in [1.165, 1.54) is 32.2 Å². The van der Waals surface area contributed by atoms with Gasteiger partial charge in [0.05, 0.1) is 6.04 Å². The topological polar surface area (TPSA) is 57.3 Å². The fourth-order valence-corrected chi connectivity index (χ4v) is 4.40. The zero-order chi connectivity index (χ0) is 16.1. The number of rotatable bonds is 5. The van der Waals surface area contributed by atoms with Gasteiger partial charge in [-0.2, -0.15) is 0 Å². The van der Waals surface area contributed by atoms with Gasteiger partial charge in [0.25, 0.3) is 0 Å². The van der Waals surface area contributed by atoms with E-state index in [0.717, 1.165) is 36.9 Å². The second-order valence-corrected chi connectivity index (χ2v) is 7.86. The predicted molar refractivity (Wildman–Crippen MR) is 93.6 cm³/mol. The summed E-state index contributed by atoms with van der Waals surface area (Å²) < 4.78 is 0. The molecule has 2 fully saturated rings. The molecule has 1 saturated heterocycles. The van der Waals surface area contributed by atoms with Crippen molar-refractivity contribution in [1.29, 1.82) is 0 Å². The molecule has 0 unspecified atom stereocenters. The van der Waals surface area contributed by atoms with Crippen LogP contribution >= 0.6 is 11.3 Å². The van der Waals surface area contributed by atoms with Crippen molar-refractivity contribution in [3.63, 3.8) is 0 Å². The highest BCUT2D eigenvalue weighted by Crippen LogP contribution is 2.26. The minimum absolute atomic E-state index is 0.0301. The number of carbonyl (C=O) groups excluding carboxylic acids is 1. The van der Waals surface area contributed by atoms with Crippen molar-refractivity contribution >= 4 is 17.4 Å². The van der Waals surface area contributed by atoms with Crippen molar-refractivity contribution in [2.24, 2.45) is 5.92 Å². The molecule has 23 heavy (non-hydrogen) atoms. The summed E-state index contributed by atoms with van der Waals surface area (Å²) in [4.78, 5) is 18.9. The summed E-state index contributed by atoms with van der Waals surface area (Å²) >= 11 is 1.57. The molecule has 2 aliphatic rings. The summed E-state index contributed by atoms with van der Waals surface area (Å²) in [6.07, 6.45) is 9.55. The number of aromatic nitrogens is 1. The van der Waals surface area contributed by atoms with Gasteiger partial charge in [-0.05, 0) is 38.5 Å². The van der Waals surface area contributed by atoms with Crippen LogP contribution in [0.5, 0.6) is 0 Å². The number of likely N-dealkylation sites (tertiary alicyclic amines) is 1. The van der Waals surface area contributed by atoms with Gasteiger partial charge in [-0.1, -0.05) is 12.8 Å². The highest BCUT2D eigenvalue weighted by atomic mass is 32.1. The fraction of sp³-hybridized carbons (Fsp3) is 0.765. The van der Waals surface area contributed by atoms with Crippen molar-refractivity contribution in [3.8, 4) is 0 Å². The smallest absolute Gasteiger partial charge is 0.315 e. The quantitative estimate of drug-likeness (QED) is 0.868. The van der Waals surface area contributed by atoms with Gasteiger partial charge in [-0.25, -0.2) is 9.78 Å². The molecule has 2 N–H and O–H groups in total. The summed E-state index contributed by atoms with van der Waals surface area (Å²) in [5, 5.41) is 9.00. The Balaban J connectivity index is 1.35. The Morgan fingerprint density at radius 1 is 1.35 bits per heavy atom. The van der Waals surface area contributed by atoms with Gasteiger partial charge in [0.2, 0.25) is 0 Å². The van der Waals surface area contributed by atoms with Gasteiger partial charge in [0.15, 0.2) is 0 Å². The maximum atomic E-state index is 12.1. The lowest BCUT2D eigenvalue weighted by Crippen LogP contribution is -2.48. The number of carbonyl (C=O) groups is 1. The molecule has 5 nitrogen and oxygen atoms in total. The first kappa shape index (κ1) is 16.7. The van der Waals surface area contributed by atoms with Gasteiger partial charge < -0.3 is 15.5 Å². The SMILES string of the molecule is C[C@@H](NC(=O)NC1CCN(CC2CCCC2)CC1)c1nccs1. The number of thiazole rings is 1. The molecule has 1 aliphatic carbocycles. The first-order valence-electron chi connectivity index (χ1n) is 8.89. The minimum Gasteiger partial charge on any atom is -0.335 e. The lowest BCUT2D eigenvalue weighted by atomic mass is 10.0. The molecule has 2 amide bonds. The molecular weight excluding hydrogens is 308 g/mol. The zero-order valence-corrected chi connectivity index (χ0v) is 14.8. The summed E-state index contributed by atoms with van der Waals surface area (Å²) in [6.45, 7) is 5.47. The van der Waals surface area contributed by atoms with Crippen molar-refractivity contribution in [3.05, 3.63) is 16.6 Å². The molecular formula is C17H28N4OS. The Hall–Kier alpha value is -1.14. The lowest BCUT2D eigenvalue weighted by molar-refractivity contribution is 0.171. The van der Waals surface area contributed by atoms with Crippen LogP contribution in [0.1, 0.15) is 56.5 Å². The average molecular weight is 337 g/mol. The molecule has 1 saturated carbocycles. The Morgan fingerprint density at radius 3 is 2.74 bits per heavy atom. The zero-order valence-electron chi connectivity index (χ0n) is 14.0. The second-order valence-electron chi connectivity index (χ2n) is 6.94. The van der Waals surface area contributed by atoms with Crippen LogP contribution in [0.4, 0.5) is 4.79 Å². The number of nitrogens with one attached hydrogen (secondary N) is 2. The highest BCUT2D eigenvalue weighted by molar-refractivity contribution is 7.09. The summed E-state index contributed by atoms with van der Waals surface area (Å²) in [5.41, 5.74) is 0. The van der Waals surface area contributed by atoms with Crippen molar-refractivity contribution < 1.29 is 4.79 Å². The maximum absolute atomic E-state index is 12.1. The van der Waals surface area contributed by atoms with Gasteiger partial charge in [0, 0.05) is 37.3 Å². The third-order valence-electron chi connectivity index (χ3n) is 5.08. The average Bonchev–Trinajstić information content (AvgIpc) is 3.22. The molecule has 0 radical (unpaired) electrons. The first-order chi connectivity index (χ1) is 11.2. The predicted octanol–water partition coefficient (Wildman–Crippen LogP) is 3.16. The number of amides is 2. The van der Waals surface area contributed by atoms with Crippen LogP contribution in [-0.4, -0.2) is 41.6 Å². The third kappa shape index (κ3) is 4.91. The number of hydrogen-bond donors (Lipinski definition) is 2. The molecule has 1 aromatic heterocycles. The van der Waals surface area contributed by atoms with E-state index in [-0.39, 0.29) is 12.1 Å². The lowest BCUT2D eigenvalue weighted by Gasteiger charge is -2.34. The van der Waals surface area contributed by atoms with Crippen LogP contribution in [-0.2, 0) is 0 Å². The number of urea groups is 1. The molecule has 2 heterocycles. The molecule has 128 valence electrons. The fourth-order valence-electron chi connectivity index (χ4n) is 3.75. The van der Waals surface area contributed by atoms with Crippen LogP contribution in [0.25, 0.3) is 0 Å². The van der Waals surface area contributed by atoms with Gasteiger partial charge in [-0.15, -0.1) is 11.3 Å². The molecule has 1 atom stereocenters. The van der Waals surface area contributed by atoms with Gasteiger partial charge in [-0.3, -0.25) is 0 Å². The number of nitrogens with zero attached hydrogens (tertiary/aromatic N) is 2. The van der Waals surface area contributed by atoms with Crippen molar-refractivity contribution in [1.82, 2.24) is 20.5 Å². The molecule has 0 spiro atoms. The van der Waals surface area contributed by atoms with Crippen molar-refractivity contribution in [2.75, 3.05) is 19.6 Å². The second kappa shape index (κ2) is 8.11. The van der Waals surface area contributed by atoms with E-state index in [4.69, 9.17) is 0 Å². The maximum Gasteiger partial charge on any atom is 0.315 e. The van der Waals surface area contributed by atoms with Gasteiger partial charge >= 0.3 is 6.03 Å². The van der Waals surface area contributed by atoms with E-state index in [0.29, 0.717) is 6.04 Å². The molecule has 0 bridgehead atoms. The van der Waals surface area contributed by atoms with E-state index >= 15 is 0 Å². The van der Waals surface area contributed by atoms with Gasteiger partial charge in [0.1, 0.15) is 5.01 Å². The van der Waals surface area contributed by atoms with Crippen LogP contribution in [0.3, 0.4) is 0 Å². The third-order valence-corrected chi connectivity index (χ3v) is 6.04. The minimum atomic E-state index is -0.0676. The van der Waals surface area contributed by atoms with Crippen LogP contribution in [0.2, 0.25) is 0 Å². The van der Waals surface area contributed by atoms with Crippen LogP contribution in [0.15, 0.2) is 11.6 Å². The van der Waals surface area contributed by atoms with Crippen LogP contribution in [0, 0.1) is 5.92 Å². The molecule has 1 aromatic rings. The van der Waals surface area contributed by atoms with Crippen molar-refractivity contribution in [2.45, 2.75) is 57.5 Å².